The van der Waals surface area contributed by atoms with Crippen LogP contribution in [0.2, 0.25) is 0 Å². The van der Waals surface area contributed by atoms with E-state index in [0.29, 0.717) is 13.1 Å². The Kier molecular flexibility index (Phi) is 5.43. The number of rotatable bonds is 6. The van der Waals surface area contributed by atoms with E-state index in [4.69, 9.17) is 9.84 Å². The summed E-state index contributed by atoms with van der Waals surface area (Å²) in [5.74, 6) is 0.184. The van der Waals surface area contributed by atoms with Crippen molar-refractivity contribution >= 4 is 0 Å². The first-order valence-electron chi connectivity index (χ1n) is 5.58. The van der Waals surface area contributed by atoms with Crippen LogP contribution in [0, 0.1) is 0 Å². The van der Waals surface area contributed by atoms with Gasteiger partial charge in [0.2, 0.25) is 0 Å². The Hall–Kier alpha value is -1.27. The van der Waals surface area contributed by atoms with Crippen molar-refractivity contribution in [2.24, 2.45) is 0 Å². The highest BCUT2D eigenvalue weighted by Crippen LogP contribution is 2.31. The summed E-state index contributed by atoms with van der Waals surface area (Å²) in [5.41, 5.74) is -0.725. The Labute approximate surface area is 104 Å². The lowest BCUT2D eigenvalue weighted by atomic mass is 10.2. The van der Waals surface area contributed by atoms with Gasteiger partial charge in [-0.2, -0.15) is 13.2 Å². The molecule has 1 unspecified atom stereocenters. The number of nitrogens with one attached hydrogen (secondary N) is 1. The maximum absolute atomic E-state index is 12.4. The van der Waals surface area contributed by atoms with Gasteiger partial charge in [0, 0.05) is 13.1 Å². The van der Waals surface area contributed by atoms with Gasteiger partial charge in [-0.3, -0.25) is 0 Å². The van der Waals surface area contributed by atoms with Crippen molar-refractivity contribution in [1.82, 2.24) is 5.32 Å². The zero-order valence-corrected chi connectivity index (χ0v) is 10.00. The smallest absolute Gasteiger partial charge is 0.416 e. The van der Waals surface area contributed by atoms with Gasteiger partial charge >= 0.3 is 6.18 Å². The zero-order valence-electron chi connectivity index (χ0n) is 10.00. The molecule has 0 aromatic heterocycles. The van der Waals surface area contributed by atoms with E-state index in [2.05, 4.69) is 5.32 Å². The molecule has 18 heavy (non-hydrogen) atoms. The van der Waals surface area contributed by atoms with Crippen molar-refractivity contribution in [2.45, 2.75) is 19.2 Å². The van der Waals surface area contributed by atoms with E-state index in [1.807, 2.05) is 0 Å². The number of ether oxygens (including phenoxy) is 1. The van der Waals surface area contributed by atoms with E-state index in [1.165, 1.54) is 12.1 Å². The lowest BCUT2D eigenvalue weighted by Gasteiger charge is -2.11. The Morgan fingerprint density at radius 1 is 1.39 bits per heavy atom. The van der Waals surface area contributed by atoms with Gasteiger partial charge in [0.05, 0.1) is 11.7 Å². The Balaban J connectivity index is 2.39. The van der Waals surface area contributed by atoms with E-state index < -0.39 is 17.8 Å². The average molecular weight is 263 g/mol. The minimum atomic E-state index is -4.36. The summed E-state index contributed by atoms with van der Waals surface area (Å²) in [7, 11) is 0. The number of hydrogen-bond donors (Lipinski definition) is 2. The van der Waals surface area contributed by atoms with Crippen LogP contribution in [0.25, 0.3) is 0 Å². The minimum absolute atomic E-state index is 0.184. The molecule has 3 nitrogen and oxygen atoms in total. The van der Waals surface area contributed by atoms with Crippen LogP contribution in [-0.4, -0.2) is 30.9 Å². The first-order valence-corrected chi connectivity index (χ1v) is 5.58. The molecular weight excluding hydrogens is 247 g/mol. The molecule has 0 saturated heterocycles. The van der Waals surface area contributed by atoms with Crippen LogP contribution in [0.3, 0.4) is 0 Å². The maximum atomic E-state index is 12.4. The number of halogens is 3. The maximum Gasteiger partial charge on any atom is 0.416 e. The third-order valence-corrected chi connectivity index (χ3v) is 2.15. The normalized spacial score (nSPS) is 13.4. The second-order valence-electron chi connectivity index (χ2n) is 3.93. The Bertz CT molecular complexity index is 367. The fourth-order valence-corrected chi connectivity index (χ4v) is 1.31. The molecule has 0 saturated carbocycles. The van der Waals surface area contributed by atoms with Crippen molar-refractivity contribution in [3.05, 3.63) is 29.8 Å². The molecule has 1 rings (SSSR count). The highest BCUT2D eigenvalue weighted by molar-refractivity contribution is 5.30. The molecule has 0 aliphatic heterocycles. The summed E-state index contributed by atoms with van der Waals surface area (Å²) >= 11 is 0. The van der Waals surface area contributed by atoms with Crippen LogP contribution >= 0.6 is 0 Å². The van der Waals surface area contributed by atoms with Crippen LogP contribution in [0.5, 0.6) is 5.75 Å². The standard InChI is InChI=1S/C12H16F3NO2/c1-9(17)8-16-5-6-18-11-4-2-3-10(7-11)12(13,14)15/h2-4,7,9,16-17H,5-6,8H2,1H3. The summed E-state index contributed by atoms with van der Waals surface area (Å²) in [6.07, 6.45) is -4.82. The van der Waals surface area contributed by atoms with Crippen LogP contribution < -0.4 is 10.1 Å². The molecule has 0 spiro atoms. The number of aliphatic hydroxyl groups is 1. The molecule has 0 aliphatic carbocycles. The van der Waals surface area contributed by atoms with Crippen LogP contribution in [0.15, 0.2) is 24.3 Å². The van der Waals surface area contributed by atoms with Crippen molar-refractivity contribution < 1.29 is 23.0 Å². The van der Waals surface area contributed by atoms with Gasteiger partial charge in [-0.15, -0.1) is 0 Å². The SMILES string of the molecule is CC(O)CNCCOc1cccc(C(F)(F)F)c1. The molecule has 0 amide bonds. The lowest BCUT2D eigenvalue weighted by molar-refractivity contribution is -0.137. The summed E-state index contributed by atoms with van der Waals surface area (Å²) in [6, 6.07) is 4.75. The van der Waals surface area contributed by atoms with Gasteiger partial charge < -0.3 is 15.2 Å². The molecule has 0 bridgehead atoms. The second-order valence-corrected chi connectivity index (χ2v) is 3.93. The molecule has 1 aromatic rings. The molecule has 0 heterocycles. The number of alkyl halides is 3. The van der Waals surface area contributed by atoms with E-state index in [0.717, 1.165) is 12.1 Å². The van der Waals surface area contributed by atoms with Crippen LogP contribution in [0.1, 0.15) is 12.5 Å². The summed E-state index contributed by atoms with van der Waals surface area (Å²) < 4.78 is 42.4. The second kappa shape index (κ2) is 6.61. The minimum Gasteiger partial charge on any atom is -0.492 e. The zero-order chi connectivity index (χ0) is 13.6. The number of aliphatic hydroxyl groups excluding tert-OH is 1. The fraction of sp³-hybridized carbons (Fsp3) is 0.500. The van der Waals surface area contributed by atoms with E-state index in [-0.39, 0.29) is 12.4 Å². The van der Waals surface area contributed by atoms with E-state index >= 15 is 0 Å². The lowest BCUT2D eigenvalue weighted by Crippen LogP contribution is -2.28. The average Bonchev–Trinajstić information content (AvgIpc) is 2.27. The van der Waals surface area contributed by atoms with Gasteiger partial charge in [-0.1, -0.05) is 6.07 Å². The van der Waals surface area contributed by atoms with E-state index in [1.54, 1.807) is 6.92 Å². The quantitative estimate of drug-likeness (QED) is 0.772. The number of hydrogen-bond acceptors (Lipinski definition) is 3. The Morgan fingerprint density at radius 2 is 2.11 bits per heavy atom. The topological polar surface area (TPSA) is 41.5 Å². The molecule has 102 valence electrons. The molecule has 0 aliphatic rings. The summed E-state index contributed by atoms with van der Waals surface area (Å²) in [6.45, 7) is 2.77. The van der Waals surface area contributed by atoms with Crippen LogP contribution in [0.4, 0.5) is 13.2 Å². The molecule has 1 aromatic carbocycles. The monoisotopic (exact) mass is 263 g/mol. The van der Waals surface area contributed by atoms with Gasteiger partial charge in [0.25, 0.3) is 0 Å². The molecule has 0 fully saturated rings. The molecular formula is C12H16F3NO2. The fourth-order valence-electron chi connectivity index (χ4n) is 1.31. The van der Waals surface area contributed by atoms with Gasteiger partial charge in [-0.25, -0.2) is 0 Å². The molecule has 6 heteroatoms. The molecule has 0 radical (unpaired) electrons. The van der Waals surface area contributed by atoms with Gasteiger partial charge in [0.15, 0.2) is 0 Å². The van der Waals surface area contributed by atoms with Gasteiger partial charge in [0.1, 0.15) is 12.4 Å². The highest BCUT2D eigenvalue weighted by atomic mass is 19.4. The first-order chi connectivity index (χ1) is 8.39. The van der Waals surface area contributed by atoms with Crippen molar-refractivity contribution in [3.63, 3.8) is 0 Å². The first kappa shape index (κ1) is 14.8. The predicted octanol–water partition coefficient (Wildman–Crippen LogP) is 2.05. The van der Waals surface area contributed by atoms with Gasteiger partial charge in [-0.05, 0) is 25.1 Å². The number of benzene rings is 1. The molecule has 2 N–H and O–H groups in total. The predicted molar refractivity (Wildman–Crippen MR) is 61.5 cm³/mol. The third-order valence-electron chi connectivity index (χ3n) is 2.15. The van der Waals surface area contributed by atoms with Crippen molar-refractivity contribution in [2.75, 3.05) is 19.7 Å². The van der Waals surface area contributed by atoms with Crippen LogP contribution in [-0.2, 0) is 6.18 Å². The highest BCUT2D eigenvalue weighted by Gasteiger charge is 2.30. The summed E-state index contributed by atoms with van der Waals surface area (Å²) in [5, 5.41) is 11.9. The largest absolute Gasteiger partial charge is 0.492 e. The Morgan fingerprint density at radius 3 is 2.72 bits per heavy atom. The summed E-state index contributed by atoms with van der Waals surface area (Å²) in [4.78, 5) is 0. The van der Waals surface area contributed by atoms with E-state index in [9.17, 15) is 13.2 Å². The molecule has 1 atom stereocenters. The van der Waals surface area contributed by atoms with Crippen molar-refractivity contribution in [1.29, 1.82) is 0 Å². The van der Waals surface area contributed by atoms with Crippen molar-refractivity contribution in [3.8, 4) is 5.75 Å². The third kappa shape index (κ3) is 5.37.